The van der Waals surface area contributed by atoms with E-state index in [9.17, 15) is 12.3 Å². The number of nitrogens with zero attached hydrogens (tertiary/aromatic N) is 3. The predicted molar refractivity (Wildman–Crippen MR) is 194 cm³/mol. The van der Waals surface area contributed by atoms with Gasteiger partial charge in [-0.15, -0.1) is 0 Å². The van der Waals surface area contributed by atoms with E-state index in [4.69, 9.17) is 9.60 Å². The summed E-state index contributed by atoms with van der Waals surface area (Å²) in [6.07, 6.45) is 0. The van der Waals surface area contributed by atoms with E-state index < -0.39 is 84.2 Å². The van der Waals surface area contributed by atoms with Crippen LogP contribution in [0.2, 0.25) is 0 Å². The van der Waals surface area contributed by atoms with Gasteiger partial charge in [0.25, 0.3) is 0 Å². The first-order valence-corrected chi connectivity index (χ1v) is 14.6. The van der Waals surface area contributed by atoms with Gasteiger partial charge in [0, 0.05) is 49.4 Å². The molecule has 3 nitrogen and oxygen atoms in total. The fourth-order valence-corrected chi connectivity index (χ4v) is 6.50. The smallest absolute Gasteiger partial charge is 0.0788 e. The van der Waals surface area contributed by atoms with Gasteiger partial charge in [-0.1, -0.05) is 103 Å². The van der Waals surface area contributed by atoms with Crippen molar-refractivity contribution in [2.75, 3.05) is 0 Å². The number of benzene rings is 7. The summed E-state index contributed by atoms with van der Waals surface area (Å²) in [5.74, 6) is 0. The third-order valence-electron chi connectivity index (χ3n) is 8.39. The van der Waals surface area contributed by atoms with Crippen LogP contribution in [-0.4, -0.2) is 13.7 Å². The lowest BCUT2D eigenvalue weighted by Gasteiger charge is -2.13. The van der Waals surface area contributed by atoms with Crippen molar-refractivity contribution < 1.29 is 21.9 Å². The highest BCUT2D eigenvalue weighted by Crippen LogP contribution is 2.42. The number of fused-ring (bicyclic) bond motifs is 10. The van der Waals surface area contributed by atoms with Crippen molar-refractivity contribution >= 4 is 65.4 Å². The Labute approximate surface area is 288 Å². The van der Waals surface area contributed by atoms with E-state index >= 15 is 0 Å². The normalized spacial score (nSPS) is 16.9. The summed E-state index contributed by atoms with van der Waals surface area (Å²) < 4.78 is 152. The van der Waals surface area contributed by atoms with Gasteiger partial charge in [0.15, 0.2) is 0 Å². The van der Waals surface area contributed by atoms with Crippen LogP contribution in [-0.2, 0) is 0 Å². The van der Waals surface area contributed by atoms with Crippen molar-refractivity contribution in [3.8, 4) is 17.1 Å². The maximum absolute atomic E-state index is 10.1. The van der Waals surface area contributed by atoms with Gasteiger partial charge in [-0.25, -0.2) is 0 Å². The molecule has 0 saturated heterocycles. The topological polar surface area (TPSA) is 14.8 Å². The molecule has 3 heterocycles. The summed E-state index contributed by atoms with van der Waals surface area (Å²) in [7, 11) is 0. The molecule has 10 rings (SSSR count). The molecule has 10 aromatic rings. The van der Waals surface area contributed by atoms with Crippen LogP contribution in [0.1, 0.15) is 27.5 Å². The number of para-hydroxylation sites is 4. The Morgan fingerprint density at radius 3 is 1.46 bits per heavy atom. The van der Waals surface area contributed by atoms with Crippen LogP contribution in [0, 0.1) is 6.92 Å². The summed E-state index contributed by atoms with van der Waals surface area (Å²) >= 11 is 0. The fourth-order valence-electron chi connectivity index (χ4n) is 6.50. The zero-order valence-corrected chi connectivity index (χ0v) is 24.1. The van der Waals surface area contributed by atoms with E-state index in [-0.39, 0.29) is 89.1 Å². The summed E-state index contributed by atoms with van der Waals surface area (Å²) in [5.41, 5.74) is 0.0779. The maximum atomic E-state index is 10.1. The standard InChI is InChI=1S/C43H29N3/c1-28-20-22-34-35-23-21-31(27-41(35)44(40(34)26-28)29-12-4-2-5-13-29)46-39-19-11-9-17-33(39)37-25-24-36-32-16-8-10-18-38(32)45(42(36)43(37)46)30-14-6-3-7-15-30/h2-27H,1H3/i8D,9D,10D,11D,16D,17D,18D,19D,20D,21D,22D,23D,24D,25D,26D,27D. The zero-order valence-electron chi connectivity index (χ0n) is 40.1. The molecule has 0 amide bonds. The fraction of sp³-hybridized carbons (Fsp3) is 0.0233. The highest BCUT2D eigenvalue weighted by Gasteiger charge is 2.22. The average Bonchev–Trinajstić information content (AvgIpc) is 3.94. The Morgan fingerprint density at radius 2 is 0.848 bits per heavy atom. The number of hydrogen-bond acceptors (Lipinski definition) is 0. The molecule has 216 valence electrons. The van der Waals surface area contributed by atoms with E-state index in [0.717, 1.165) is 0 Å². The van der Waals surface area contributed by atoms with Crippen LogP contribution in [0.15, 0.2) is 157 Å². The van der Waals surface area contributed by atoms with Gasteiger partial charge in [0.2, 0.25) is 0 Å². The molecule has 0 aliphatic heterocycles. The molecule has 0 fully saturated rings. The van der Waals surface area contributed by atoms with Crippen molar-refractivity contribution in [3.63, 3.8) is 0 Å². The van der Waals surface area contributed by atoms with Crippen molar-refractivity contribution in [3.05, 3.63) is 163 Å². The second-order valence-corrected chi connectivity index (χ2v) is 11.0. The molecule has 3 heteroatoms. The molecule has 3 aromatic heterocycles. The lowest BCUT2D eigenvalue weighted by atomic mass is 10.1. The Balaban J connectivity index is 1.59. The van der Waals surface area contributed by atoms with Crippen LogP contribution in [0.5, 0.6) is 0 Å². The predicted octanol–water partition coefficient (Wildman–Crippen LogP) is 11.3. The van der Waals surface area contributed by atoms with Gasteiger partial charge in [-0.3, -0.25) is 0 Å². The third-order valence-corrected chi connectivity index (χ3v) is 8.39. The molecule has 0 unspecified atom stereocenters. The van der Waals surface area contributed by atoms with Gasteiger partial charge in [0.05, 0.1) is 55.0 Å². The minimum atomic E-state index is -0.691. The number of aromatic nitrogens is 3. The molecule has 0 spiro atoms. The quantitative estimate of drug-likeness (QED) is 0.191. The van der Waals surface area contributed by atoms with E-state index in [0.29, 0.717) is 11.4 Å². The Bertz CT molecular complexity index is 3700. The van der Waals surface area contributed by atoms with Gasteiger partial charge in [0.1, 0.15) is 0 Å². The lowest BCUT2D eigenvalue weighted by Crippen LogP contribution is -1.99. The summed E-state index contributed by atoms with van der Waals surface area (Å²) in [5, 5.41) is -0.732. The van der Waals surface area contributed by atoms with Crippen molar-refractivity contribution in [1.82, 2.24) is 13.7 Å². The molecular weight excluding hydrogens is 558 g/mol. The minimum absolute atomic E-state index is 0.00521. The number of rotatable bonds is 3. The van der Waals surface area contributed by atoms with Crippen LogP contribution in [0.4, 0.5) is 0 Å². The van der Waals surface area contributed by atoms with E-state index in [2.05, 4.69) is 0 Å². The second-order valence-electron chi connectivity index (χ2n) is 11.0. The van der Waals surface area contributed by atoms with E-state index in [1.165, 1.54) is 20.6 Å². The first kappa shape index (κ1) is 14.4. The van der Waals surface area contributed by atoms with E-state index in [1.807, 2.05) is 0 Å². The Morgan fingerprint density at radius 1 is 0.391 bits per heavy atom. The van der Waals surface area contributed by atoms with Gasteiger partial charge in [-0.2, -0.15) is 0 Å². The zero-order chi connectivity index (χ0) is 44.3. The van der Waals surface area contributed by atoms with Crippen molar-refractivity contribution in [2.24, 2.45) is 0 Å². The summed E-state index contributed by atoms with van der Waals surface area (Å²) in [6, 6.07) is 8.82. The molecule has 7 aromatic carbocycles. The van der Waals surface area contributed by atoms with Gasteiger partial charge < -0.3 is 13.7 Å². The van der Waals surface area contributed by atoms with Gasteiger partial charge in [-0.05, 0) is 67.0 Å². The third kappa shape index (κ3) is 3.43. The maximum Gasteiger partial charge on any atom is 0.0788 e. The Hall–Kier alpha value is -6.06. The van der Waals surface area contributed by atoms with Gasteiger partial charge >= 0.3 is 0 Å². The largest absolute Gasteiger partial charge is 0.309 e. The SMILES string of the molecule is [2H]c1c(C)c([2H])c2c(c1[2H])c1c([2H])c([2H])c(-n3c4c([2H])c([2H])c([2H])c([2H])c4c4c([2H])c([2H])c5c6c([2H])c([2H])c([2H])c([2H])c6n(-c6ccccc6)c5c43)c([2H])c1n2-c1ccccc1. The first-order chi connectivity index (χ1) is 29.4. The molecule has 0 saturated carbocycles. The molecule has 0 atom stereocenters. The summed E-state index contributed by atoms with van der Waals surface area (Å²) in [6.45, 7) is 1.53. The van der Waals surface area contributed by atoms with Crippen LogP contribution < -0.4 is 0 Å². The molecular formula is C43H29N3. The molecule has 0 aliphatic rings. The Kier molecular flexibility index (Phi) is 2.96. The first-order valence-electron chi connectivity index (χ1n) is 22.6. The lowest BCUT2D eigenvalue weighted by molar-refractivity contribution is 1.14. The monoisotopic (exact) mass is 603 g/mol. The minimum Gasteiger partial charge on any atom is -0.309 e. The number of hydrogen-bond donors (Lipinski definition) is 0. The van der Waals surface area contributed by atoms with Crippen molar-refractivity contribution in [2.45, 2.75) is 6.92 Å². The highest BCUT2D eigenvalue weighted by atomic mass is 15.1. The molecule has 0 N–H and O–H groups in total. The summed E-state index contributed by atoms with van der Waals surface area (Å²) in [4.78, 5) is 0. The van der Waals surface area contributed by atoms with Crippen molar-refractivity contribution in [1.29, 1.82) is 0 Å². The molecule has 0 bridgehead atoms. The average molecular weight is 604 g/mol. The van der Waals surface area contributed by atoms with Crippen LogP contribution in [0.3, 0.4) is 0 Å². The second kappa shape index (κ2) is 9.47. The molecule has 0 aliphatic carbocycles. The van der Waals surface area contributed by atoms with E-state index in [1.54, 1.807) is 60.7 Å². The highest BCUT2D eigenvalue weighted by molar-refractivity contribution is 6.24. The van der Waals surface area contributed by atoms with Crippen LogP contribution in [0.25, 0.3) is 82.5 Å². The van der Waals surface area contributed by atoms with Crippen LogP contribution >= 0.6 is 0 Å². The molecule has 46 heavy (non-hydrogen) atoms. The molecule has 0 radical (unpaired) electrons.